The minimum Gasteiger partial charge on any atom is -0.349 e. The fourth-order valence-electron chi connectivity index (χ4n) is 3.15. The van der Waals surface area contributed by atoms with Crippen LogP contribution < -0.4 is 0 Å². The van der Waals surface area contributed by atoms with E-state index in [9.17, 15) is 0 Å². The second-order valence-electron chi connectivity index (χ2n) is 6.06. The van der Waals surface area contributed by atoms with Crippen molar-refractivity contribution >= 4 is 19.6 Å². The van der Waals surface area contributed by atoms with Crippen molar-refractivity contribution in [2.45, 2.75) is 62.0 Å². The highest BCUT2D eigenvalue weighted by atomic mass is 32.2. The molecule has 3 unspecified atom stereocenters. The maximum absolute atomic E-state index is 6.19. The smallest absolute Gasteiger partial charge is 0.159 e. The van der Waals surface area contributed by atoms with Gasteiger partial charge >= 0.3 is 0 Å². The van der Waals surface area contributed by atoms with Crippen molar-refractivity contribution in [2.24, 2.45) is 0 Å². The number of nitrogens with zero attached hydrogens (tertiary/aromatic N) is 1. The quantitative estimate of drug-likeness (QED) is 0.652. The average Bonchev–Trinajstić information content (AvgIpc) is 2.47. The fraction of sp³-hybridized carbons (Fsp3) is 1.00. The fourth-order valence-corrected chi connectivity index (χ4v) is 3.90. The Hall–Kier alpha value is 0.335. The molecule has 4 atom stereocenters. The van der Waals surface area contributed by atoms with Crippen LogP contribution in [0.15, 0.2) is 0 Å². The summed E-state index contributed by atoms with van der Waals surface area (Å²) >= 11 is 1.82. The third-order valence-corrected chi connectivity index (χ3v) is 4.98. The number of thioether (sulfide) groups is 1. The Morgan fingerprint density at radius 3 is 2.88 bits per heavy atom. The molecule has 92 valence electrons. The van der Waals surface area contributed by atoms with Gasteiger partial charge in [0, 0.05) is 6.04 Å². The molecule has 2 rings (SSSR count). The summed E-state index contributed by atoms with van der Waals surface area (Å²) < 4.78 is 6.19. The Labute approximate surface area is 105 Å². The van der Waals surface area contributed by atoms with Gasteiger partial charge in [-0.05, 0) is 26.1 Å². The maximum Gasteiger partial charge on any atom is 0.159 e. The van der Waals surface area contributed by atoms with Gasteiger partial charge in [-0.25, -0.2) is 0 Å². The van der Waals surface area contributed by atoms with E-state index in [2.05, 4.69) is 33.0 Å². The molecule has 0 aromatic carbocycles. The Kier molecular flexibility index (Phi) is 3.92. The van der Waals surface area contributed by atoms with Crippen LogP contribution in [0.4, 0.5) is 0 Å². The molecule has 0 spiro atoms. The summed E-state index contributed by atoms with van der Waals surface area (Å²) in [4.78, 5) is 2.44. The highest BCUT2D eigenvalue weighted by Crippen LogP contribution is 2.43. The van der Waals surface area contributed by atoms with Crippen molar-refractivity contribution in [2.75, 3.05) is 13.3 Å². The summed E-state index contributed by atoms with van der Waals surface area (Å²) in [5.41, 5.74) is 0.281. The van der Waals surface area contributed by atoms with Gasteiger partial charge < -0.3 is 4.74 Å². The van der Waals surface area contributed by atoms with Gasteiger partial charge in [-0.1, -0.05) is 31.5 Å². The molecular weight excluding hydrogens is 217 g/mol. The minimum absolute atomic E-state index is 0.281. The highest BCUT2D eigenvalue weighted by molar-refractivity contribution is 7.99. The lowest BCUT2D eigenvalue weighted by Gasteiger charge is -2.33. The normalized spacial score (nSPS) is 46.1. The van der Waals surface area contributed by atoms with Crippen LogP contribution in [0.1, 0.15) is 39.0 Å². The number of rotatable bonds is 1. The van der Waals surface area contributed by atoms with Crippen LogP contribution in [0.5, 0.6) is 0 Å². The highest BCUT2D eigenvalue weighted by Gasteiger charge is 2.42. The Balaban J connectivity index is 2.09. The molecule has 0 aromatic heterocycles. The second kappa shape index (κ2) is 4.91. The summed E-state index contributed by atoms with van der Waals surface area (Å²) in [7, 11) is 4.62. The second-order valence-corrected chi connectivity index (χ2v) is 6.94. The van der Waals surface area contributed by atoms with Gasteiger partial charge in [0.15, 0.2) is 5.56 Å². The van der Waals surface area contributed by atoms with Gasteiger partial charge in [-0.2, -0.15) is 0 Å². The molecule has 0 N–H and O–H groups in total. The third kappa shape index (κ3) is 2.60. The van der Waals surface area contributed by atoms with Gasteiger partial charge in [0.2, 0.25) is 0 Å². The number of hydrogen-bond donors (Lipinski definition) is 0. The van der Waals surface area contributed by atoms with Crippen LogP contribution in [-0.2, 0) is 4.74 Å². The molecule has 0 amide bonds. The summed E-state index contributed by atoms with van der Waals surface area (Å²) in [6.45, 7) is 2.39. The van der Waals surface area contributed by atoms with E-state index >= 15 is 0 Å². The Bertz CT molecular complexity index is 249. The molecular formula is C12H24BNOS. The van der Waals surface area contributed by atoms with E-state index < -0.39 is 0 Å². The predicted molar refractivity (Wildman–Crippen MR) is 73.7 cm³/mol. The molecule has 2 nitrogen and oxygen atoms in total. The predicted octanol–water partition coefficient (Wildman–Crippen LogP) is 2.11. The van der Waals surface area contributed by atoms with Crippen molar-refractivity contribution in [1.29, 1.82) is 0 Å². The lowest BCUT2D eigenvalue weighted by molar-refractivity contribution is 0.0551. The number of fused-ring (bicyclic) bond motifs is 1. The Morgan fingerprint density at radius 2 is 2.19 bits per heavy atom. The van der Waals surface area contributed by atoms with Gasteiger partial charge in [0.05, 0.1) is 6.10 Å². The lowest BCUT2D eigenvalue weighted by Crippen LogP contribution is -2.37. The van der Waals surface area contributed by atoms with Crippen LogP contribution in [0.25, 0.3) is 0 Å². The molecule has 1 aliphatic heterocycles. The van der Waals surface area contributed by atoms with Gasteiger partial charge in [0.1, 0.15) is 7.85 Å². The SMILES string of the molecule is BC1(C)CCCCC2C(C1)O[C@H](SC)N2C. The van der Waals surface area contributed by atoms with Crippen LogP contribution in [0.3, 0.4) is 0 Å². The van der Waals surface area contributed by atoms with E-state index in [1.165, 1.54) is 32.1 Å². The van der Waals surface area contributed by atoms with Gasteiger partial charge in [-0.3, -0.25) is 4.90 Å². The lowest BCUT2D eigenvalue weighted by atomic mass is 9.62. The van der Waals surface area contributed by atoms with Crippen molar-refractivity contribution in [1.82, 2.24) is 4.90 Å². The molecule has 0 radical (unpaired) electrons. The zero-order chi connectivity index (χ0) is 11.8. The zero-order valence-corrected chi connectivity index (χ0v) is 11.8. The topological polar surface area (TPSA) is 12.5 Å². The molecule has 0 bridgehead atoms. The molecule has 1 saturated heterocycles. The number of hydrogen-bond acceptors (Lipinski definition) is 3. The van der Waals surface area contributed by atoms with E-state index in [1.807, 2.05) is 11.8 Å². The summed E-state index contributed by atoms with van der Waals surface area (Å²) in [5.74, 6) is 0. The Morgan fingerprint density at radius 1 is 1.44 bits per heavy atom. The molecule has 2 fully saturated rings. The van der Waals surface area contributed by atoms with Gasteiger partial charge in [-0.15, -0.1) is 11.8 Å². The van der Waals surface area contributed by atoms with E-state index in [0.29, 0.717) is 17.5 Å². The van der Waals surface area contributed by atoms with Crippen LogP contribution in [-0.4, -0.2) is 43.8 Å². The van der Waals surface area contributed by atoms with E-state index in [0.717, 1.165) is 0 Å². The largest absolute Gasteiger partial charge is 0.349 e. The van der Waals surface area contributed by atoms with E-state index in [1.54, 1.807) is 0 Å². The first-order valence-corrected chi connectivity index (χ1v) is 7.72. The molecule has 1 heterocycles. The standard InChI is InChI=1S/C12H24BNOS/c1-12(13)7-5-4-6-9-10(8-12)15-11(16-3)14(9)2/h9-11H,4-8,13H2,1-3H3/t9?,10?,11-,12?/m1/s1. The third-order valence-electron chi connectivity index (χ3n) is 4.13. The summed E-state index contributed by atoms with van der Waals surface area (Å²) in [6.07, 6.45) is 9.23. The van der Waals surface area contributed by atoms with Crippen molar-refractivity contribution in [3.63, 3.8) is 0 Å². The maximum atomic E-state index is 6.19. The first kappa shape index (κ1) is 12.8. The molecule has 4 heteroatoms. The van der Waals surface area contributed by atoms with Crippen molar-refractivity contribution in [3.05, 3.63) is 0 Å². The molecule has 2 aliphatic rings. The van der Waals surface area contributed by atoms with Crippen molar-refractivity contribution in [3.8, 4) is 0 Å². The van der Waals surface area contributed by atoms with Gasteiger partial charge in [0.25, 0.3) is 0 Å². The minimum atomic E-state index is 0.281. The number of likely N-dealkylation sites (N-methyl/N-ethyl adjacent to an activating group) is 1. The molecule has 0 aromatic rings. The average molecular weight is 241 g/mol. The van der Waals surface area contributed by atoms with Crippen LogP contribution in [0, 0.1) is 0 Å². The first-order valence-electron chi connectivity index (χ1n) is 6.44. The van der Waals surface area contributed by atoms with E-state index in [4.69, 9.17) is 4.74 Å². The molecule has 1 saturated carbocycles. The summed E-state index contributed by atoms with van der Waals surface area (Å²) in [6, 6.07) is 0.650. The monoisotopic (exact) mass is 241 g/mol. The van der Waals surface area contributed by atoms with Crippen molar-refractivity contribution < 1.29 is 4.74 Å². The number of ether oxygens (including phenoxy) is 1. The van der Waals surface area contributed by atoms with Crippen LogP contribution in [0.2, 0.25) is 5.31 Å². The first-order chi connectivity index (χ1) is 7.53. The molecule has 16 heavy (non-hydrogen) atoms. The summed E-state index contributed by atoms with van der Waals surface area (Å²) in [5, 5.41) is 0.456. The molecule has 1 aliphatic carbocycles. The van der Waals surface area contributed by atoms with Crippen LogP contribution >= 0.6 is 11.8 Å². The van der Waals surface area contributed by atoms with E-state index in [-0.39, 0.29) is 5.56 Å². The zero-order valence-electron chi connectivity index (χ0n) is 11.0.